The highest BCUT2D eigenvalue weighted by Crippen LogP contribution is 2.39. The fourth-order valence-corrected chi connectivity index (χ4v) is 6.76. The maximum absolute atomic E-state index is 12.2. The Labute approximate surface area is 132 Å². The summed E-state index contributed by atoms with van der Waals surface area (Å²) < 4.78 is 25.5. The molecule has 1 aliphatic rings. The average Bonchev–Trinajstić information content (AvgIpc) is 2.32. The van der Waals surface area contributed by atoms with E-state index in [0.717, 1.165) is 40.4 Å². The molecule has 2 unspecified atom stereocenters. The minimum atomic E-state index is -2.97. The van der Waals surface area contributed by atoms with E-state index in [9.17, 15) is 8.42 Å². The van der Waals surface area contributed by atoms with Gasteiger partial charge < -0.3 is 0 Å². The summed E-state index contributed by atoms with van der Waals surface area (Å²) in [5.74, 6) is 0.328. The van der Waals surface area contributed by atoms with Gasteiger partial charge in [-0.15, -0.1) is 0 Å². The molecule has 0 saturated carbocycles. The quantitative estimate of drug-likeness (QED) is 0.675. The number of hydrogen-bond acceptors (Lipinski definition) is 2. The van der Waals surface area contributed by atoms with Crippen LogP contribution in [0.4, 0.5) is 0 Å². The first kappa shape index (κ1) is 15.5. The summed E-state index contributed by atoms with van der Waals surface area (Å²) in [6.45, 7) is 4.06. The van der Waals surface area contributed by atoms with Crippen LogP contribution >= 0.6 is 31.9 Å². The van der Waals surface area contributed by atoms with Crippen LogP contribution in [0.25, 0.3) is 0 Å². The van der Waals surface area contributed by atoms with Crippen molar-refractivity contribution in [2.45, 2.75) is 43.2 Å². The van der Waals surface area contributed by atoms with Crippen molar-refractivity contribution in [3.8, 4) is 0 Å². The molecule has 0 N–H and O–H groups in total. The molecule has 19 heavy (non-hydrogen) atoms. The van der Waals surface area contributed by atoms with Crippen LogP contribution in [0, 0.1) is 13.8 Å². The molecule has 0 aliphatic carbocycles. The summed E-state index contributed by atoms with van der Waals surface area (Å²) in [6, 6.07) is 4.15. The van der Waals surface area contributed by atoms with Crippen molar-refractivity contribution in [1.29, 1.82) is 0 Å². The van der Waals surface area contributed by atoms with Crippen molar-refractivity contribution < 1.29 is 8.42 Å². The Kier molecular flexibility index (Phi) is 4.79. The molecule has 1 fully saturated rings. The third kappa shape index (κ3) is 3.24. The van der Waals surface area contributed by atoms with Gasteiger partial charge in [0.05, 0.1) is 15.8 Å². The van der Waals surface area contributed by atoms with E-state index >= 15 is 0 Å². The highest BCUT2D eigenvalue weighted by atomic mass is 79.9. The number of aryl methyl sites for hydroxylation is 2. The van der Waals surface area contributed by atoms with Crippen LogP contribution in [0.1, 0.15) is 40.8 Å². The maximum atomic E-state index is 12.2. The fraction of sp³-hybridized carbons (Fsp3) is 0.571. The lowest BCUT2D eigenvalue weighted by molar-refractivity contribution is 0.536. The molecule has 2 atom stereocenters. The molecule has 1 aromatic rings. The lowest BCUT2D eigenvalue weighted by Gasteiger charge is -2.28. The first-order chi connectivity index (χ1) is 8.83. The Hall–Kier alpha value is 0.130. The highest BCUT2D eigenvalue weighted by molar-refractivity contribution is 9.10. The number of benzene rings is 1. The van der Waals surface area contributed by atoms with E-state index in [1.54, 1.807) is 0 Å². The lowest BCUT2D eigenvalue weighted by Crippen LogP contribution is -2.32. The molecule has 0 bridgehead atoms. The van der Waals surface area contributed by atoms with Gasteiger partial charge in [-0.2, -0.15) is 0 Å². The number of rotatable bonds is 2. The topological polar surface area (TPSA) is 34.1 Å². The SMILES string of the molecule is Cc1cc(C(Br)C2CCCCS2(=O)=O)c(C)cc1Br. The van der Waals surface area contributed by atoms with Crippen LogP contribution in [-0.4, -0.2) is 19.4 Å². The van der Waals surface area contributed by atoms with Crippen molar-refractivity contribution in [2.24, 2.45) is 0 Å². The maximum Gasteiger partial charge on any atom is 0.154 e. The summed E-state index contributed by atoms with van der Waals surface area (Å²) in [7, 11) is -2.97. The fourth-order valence-electron chi connectivity index (χ4n) is 2.61. The predicted molar refractivity (Wildman–Crippen MR) is 86.7 cm³/mol. The molecule has 0 amide bonds. The van der Waals surface area contributed by atoms with Crippen LogP contribution in [0.3, 0.4) is 0 Å². The molecule has 1 saturated heterocycles. The van der Waals surface area contributed by atoms with Gasteiger partial charge in [0.1, 0.15) is 0 Å². The van der Waals surface area contributed by atoms with E-state index < -0.39 is 9.84 Å². The van der Waals surface area contributed by atoms with Crippen LogP contribution in [-0.2, 0) is 9.84 Å². The molecule has 5 heteroatoms. The molecule has 0 spiro atoms. The Balaban J connectivity index is 2.39. The van der Waals surface area contributed by atoms with Gasteiger partial charge in [0.25, 0.3) is 0 Å². The first-order valence-electron chi connectivity index (χ1n) is 6.45. The van der Waals surface area contributed by atoms with Gasteiger partial charge in [-0.25, -0.2) is 8.42 Å². The summed E-state index contributed by atoms with van der Waals surface area (Å²) >= 11 is 7.15. The van der Waals surface area contributed by atoms with Gasteiger partial charge in [0.15, 0.2) is 9.84 Å². The molecular formula is C14H18Br2O2S. The molecule has 1 heterocycles. The van der Waals surface area contributed by atoms with Gasteiger partial charge in [0.2, 0.25) is 0 Å². The molecule has 0 radical (unpaired) electrons. The van der Waals surface area contributed by atoms with E-state index in [4.69, 9.17) is 0 Å². The Morgan fingerprint density at radius 3 is 2.53 bits per heavy atom. The van der Waals surface area contributed by atoms with Crippen molar-refractivity contribution in [1.82, 2.24) is 0 Å². The second-order valence-electron chi connectivity index (χ2n) is 5.26. The van der Waals surface area contributed by atoms with Gasteiger partial charge >= 0.3 is 0 Å². The number of alkyl halides is 1. The van der Waals surface area contributed by atoms with E-state index in [-0.39, 0.29) is 10.1 Å². The lowest BCUT2D eigenvalue weighted by atomic mass is 9.99. The average molecular weight is 410 g/mol. The summed E-state index contributed by atoms with van der Waals surface area (Å²) in [5.41, 5.74) is 3.36. The van der Waals surface area contributed by atoms with Gasteiger partial charge in [0, 0.05) is 4.47 Å². The molecule has 1 aliphatic heterocycles. The second-order valence-corrected chi connectivity index (χ2v) is 9.44. The minimum absolute atomic E-state index is 0.107. The number of hydrogen-bond donors (Lipinski definition) is 0. The minimum Gasteiger partial charge on any atom is -0.228 e. The van der Waals surface area contributed by atoms with Gasteiger partial charge in [-0.1, -0.05) is 44.3 Å². The zero-order valence-electron chi connectivity index (χ0n) is 11.1. The first-order valence-corrected chi connectivity index (χ1v) is 9.87. The summed E-state index contributed by atoms with van der Waals surface area (Å²) in [6.07, 6.45) is 2.56. The van der Waals surface area contributed by atoms with E-state index in [0.29, 0.717) is 5.75 Å². The Morgan fingerprint density at radius 1 is 1.21 bits per heavy atom. The largest absolute Gasteiger partial charge is 0.228 e. The predicted octanol–water partition coefficient (Wildman–Crippen LogP) is 4.47. The molecule has 2 nitrogen and oxygen atoms in total. The smallest absolute Gasteiger partial charge is 0.154 e. The van der Waals surface area contributed by atoms with Crippen molar-refractivity contribution in [2.75, 3.05) is 5.75 Å². The van der Waals surface area contributed by atoms with E-state index in [1.807, 2.05) is 13.8 Å². The summed E-state index contributed by atoms with van der Waals surface area (Å²) in [5, 5.41) is -0.291. The summed E-state index contributed by atoms with van der Waals surface area (Å²) in [4.78, 5) is -0.107. The molecule has 0 aromatic heterocycles. The monoisotopic (exact) mass is 408 g/mol. The third-order valence-electron chi connectivity index (χ3n) is 3.80. The number of sulfone groups is 1. The van der Waals surface area contributed by atoms with Crippen LogP contribution in [0.15, 0.2) is 16.6 Å². The normalized spacial score (nSPS) is 24.1. The van der Waals surface area contributed by atoms with Crippen LogP contribution in [0.2, 0.25) is 0 Å². The third-order valence-corrected chi connectivity index (χ3v) is 8.42. The van der Waals surface area contributed by atoms with Crippen molar-refractivity contribution in [3.63, 3.8) is 0 Å². The number of halogens is 2. The Bertz CT molecular complexity index is 581. The zero-order valence-corrected chi connectivity index (χ0v) is 15.1. The molecule has 1 aromatic carbocycles. The van der Waals surface area contributed by atoms with Crippen molar-refractivity contribution in [3.05, 3.63) is 33.3 Å². The molecule has 2 rings (SSSR count). The van der Waals surface area contributed by atoms with Gasteiger partial charge in [-0.3, -0.25) is 0 Å². The highest BCUT2D eigenvalue weighted by Gasteiger charge is 2.35. The standard InChI is InChI=1S/C14H18Br2O2S/c1-9-8-12(15)10(2)7-11(9)14(16)13-5-3-4-6-19(13,17)18/h7-8,13-14H,3-6H2,1-2H3. The second kappa shape index (κ2) is 5.86. The Morgan fingerprint density at radius 2 is 1.89 bits per heavy atom. The molecular weight excluding hydrogens is 392 g/mol. The molecule has 106 valence electrons. The van der Waals surface area contributed by atoms with Crippen LogP contribution in [0.5, 0.6) is 0 Å². The van der Waals surface area contributed by atoms with Gasteiger partial charge in [-0.05, 0) is 49.4 Å². The zero-order chi connectivity index (χ0) is 14.2. The van der Waals surface area contributed by atoms with E-state index in [1.165, 1.54) is 0 Å². The van der Waals surface area contributed by atoms with E-state index in [2.05, 4.69) is 44.0 Å². The van der Waals surface area contributed by atoms with Crippen molar-refractivity contribution >= 4 is 41.7 Å². The van der Waals surface area contributed by atoms with Crippen LogP contribution < -0.4 is 0 Å².